The van der Waals surface area contributed by atoms with E-state index in [-0.39, 0.29) is 6.09 Å². The monoisotopic (exact) mass is 547 g/mol. The van der Waals surface area contributed by atoms with Gasteiger partial charge in [0, 0.05) is 37.3 Å². The lowest BCUT2D eigenvalue weighted by molar-refractivity contribution is -0.141. The summed E-state index contributed by atoms with van der Waals surface area (Å²) < 4.78 is 50.8. The number of benzene rings is 2. The van der Waals surface area contributed by atoms with Crippen LogP contribution in [0.3, 0.4) is 0 Å². The summed E-state index contributed by atoms with van der Waals surface area (Å²) in [5.74, 6) is 0.252. The molecule has 0 unspecified atom stereocenters. The minimum Gasteiger partial charge on any atom is -0.457 e. The summed E-state index contributed by atoms with van der Waals surface area (Å²) in [5.41, 5.74) is -0.729. The molecule has 2 aliphatic rings. The molecule has 10 heteroatoms. The number of rotatable bonds is 7. The van der Waals surface area contributed by atoms with Crippen molar-refractivity contribution >= 4 is 12.0 Å². The molecule has 39 heavy (non-hydrogen) atoms. The second-order valence-corrected chi connectivity index (χ2v) is 11.1. The predicted octanol–water partition coefficient (Wildman–Crippen LogP) is 5.48. The smallest absolute Gasteiger partial charge is 0.410 e. The standard InChI is InChI=1S/C29H36F3N3O4/c1-27(2,3)39-26(37)35-18-16-34(17-19-35)15-9-8-14-28(25(36)33-20-29(30,31)32)21-10-4-6-12-23(21)38-24-13-7-5-11-22(24)28/h4-7,10-13H,8-9,14-20H2,1-3H3,(H,33,36). The number of ether oxygens (including phenoxy) is 2. The molecule has 1 saturated heterocycles. The van der Waals surface area contributed by atoms with E-state index in [1.165, 1.54) is 0 Å². The molecule has 0 saturated carbocycles. The van der Waals surface area contributed by atoms with Crippen LogP contribution in [0, 0.1) is 0 Å². The highest BCUT2D eigenvalue weighted by molar-refractivity contribution is 5.94. The van der Waals surface area contributed by atoms with Crippen LogP contribution in [0.2, 0.25) is 0 Å². The van der Waals surface area contributed by atoms with Crippen LogP contribution in [0.15, 0.2) is 48.5 Å². The SMILES string of the molecule is CC(C)(C)OC(=O)N1CCN(CCCCC2(C(=O)NCC(F)(F)F)c3ccccc3Oc3ccccc32)CC1. The van der Waals surface area contributed by atoms with Gasteiger partial charge in [0.15, 0.2) is 0 Å². The molecule has 0 radical (unpaired) electrons. The van der Waals surface area contributed by atoms with Crippen molar-refractivity contribution < 1.29 is 32.2 Å². The van der Waals surface area contributed by atoms with Crippen molar-refractivity contribution in [2.45, 2.75) is 57.2 Å². The number of alkyl halides is 3. The Balaban J connectivity index is 1.46. The second kappa shape index (κ2) is 11.5. The van der Waals surface area contributed by atoms with Gasteiger partial charge in [0.1, 0.15) is 29.1 Å². The quantitative estimate of drug-likeness (QED) is 0.465. The van der Waals surface area contributed by atoms with Crippen molar-refractivity contribution in [2.75, 3.05) is 39.3 Å². The Morgan fingerprint density at radius 2 is 1.49 bits per heavy atom. The Kier molecular flexibility index (Phi) is 8.44. The topological polar surface area (TPSA) is 71.1 Å². The van der Waals surface area contributed by atoms with Gasteiger partial charge in [-0.25, -0.2) is 4.79 Å². The van der Waals surface area contributed by atoms with Crippen molar-refractivity contribution in [1.29, 1.82) is 0 Å². The van der Waals surface area contributed by atoms with Crippen LogP contribution in [-0.4, -0.2) is 72.8 Å². The first-order valence-corrected chi connectivity index (χ1v) is 13.3. The first-order chi connectivity index (χ1) is 18.4. The third-order valence-corrected chi connectivity index (χ3v) is 7.05. The van der Waals surface area contributed by atoms with E-state index in [0.29, 0.717) is 61.6 Å². The second-order valence-electron chi connectivity index (χ2n) is 11.1. The number of nitrogens with zero attached hydrogens (tertiary/aromatic N) is 2. The average Bonchev–Trinajstić information content (AvgIpc) is 2.88. The molecule has 2 amide bonds. The van der Waals surface area contributed by atoms with E-state index in [4.69, 9.17) is 9.47 Å². The van der Waals surface area contributed by atoms with Crippen LogP contribution in [0.4, 0.5) is 18.0 Å². The van der Waals surface area contributed by atoms with E-state index in [2.05, 4.69) is 10.2 Å². The molecular formula is C29H36F3N3O4. The summed E-state index contributed by atoms with van der Waals surface area (Å²) in [5, 5.41) is 2.16. The molecule has 4 rings (SSSR count). The molecule has 1 fully saturated rings. The molecule has 0 aliphatic carbocycles. The molecule has 0 aromatic heterocycles. The number of piperazine rings is 1. The maximum atomic E-state index is 13.7. The first kappa shape index (κ1) is 28.7. The minimum atomic E-state index is -4.53. The van der Waals surface area contributed by atoms with Gasteiger partial charge < -0.3 is 19.7 Å². The fraction of sp³-hybridized carbons (Fsp3) is 0.517. The van der Waals surface area contributed by atoms with Gasteiger partial charge in [-0.2, -0.15) is 13.2 Å². The molecule has 0 atom stereocenters. The van der Waals surface area contributed by atoms with Crippen LogP contribution in [-0.2, 0) is 14.9 Å². The Labute approximate surface area is 227 Å². The van der Waals surface area contributed by atoms with Gasteiger partial charge >= 0.3 is 12.3 Å². The van der Waals surface area contributed by atoms with Crippen molar-refractivity contribution in [3.05, 3.63) is 59.7 Å². The number of fused-ring (bicyclic) bond motifs is 2. The lowest BCUT2D eigenvalue weighted by Gasteiger charge is -2.39. The summed E-state index contributed by atoms with van der Waals surface area (Å²) in [4.78, 5) is 30.0. The van der Waals surface area contributed by atoms with E-state index >= 15 is 0 Å². The van der Waals surface area contributed by atoms with Crippen LogP contribution < -0.4 is 10.1 Å². The van der Waals surface area contributed by atoms with Gasteiger partial charge in [0.25, 0.3) is 0 Å². The molecule has 212 valence electrons. The molecule has 2 aliphatic heterocycles. The van der Waals surface area contributed by atoms with Gasteiger partial charge in [-0.05, 0) is 52.3 Å². The van der Waals surface area contributed by atoms with Crippen LogP contribution in [0.25, 0.3) is 0 Å². The van der Waals surface area contributed by atoms with Gasteiger partial charge in [-0.1, -0.05) is 42.8 Å². The predicted molar refractivity (Wildman–Crippen MR) is 141 cm³/mol. The Bertz CT molecular complexity index is 1130. The maximum absolute atomic E-state index is 13.7. The van der Waals surface area contributed by atoms with E-state index in [9.17, 15) is 22.8 Å². The Hall–Kier alpha value is -3.27. The van der Waals surface area contributed by atoms with Crippen molar-refractivity contribution in [2.24, 2.45) is 0 Å². The van der Waals surface area contributed by atoms with Crippen molar-refractivity contribution in [1.82, 2.24) is 15.1 Å². The van der Waals surface area contributed by atoms with Crippen LogP contribution >= 0.6 is 0 Å². The number of carbonyl (C=O) groups excluding carboxylic acids is 2. The third-order valence-electron chi connectivity index (χ3n) is 7.05. The zero-order valence-electron chi connectivity index (χ0n) is 22.6. The summed E-state index contributed by atoms with van der Waals surface area (Å²) in [6, 6.07) is 14.1. The van der Waals surface area contributed by atoms with E-state index in [1.807, 2.05) is 20.8 Å². The fourth-order valence-electron chi connectivity index (χ4n) is 5.24. The highest BCUT2D eigenvalue weighted by atomic mass is 19.4. The van der Waals surface area contributed by atoms with Gasteiger partial charge in [-0.15, -0.1) is 0 Å². The Morgan fingerprint density at radius 1 is 0.923 bits per heavy atom. The average molecular weight is 548 g/mol. The van der Waals surface area contributed by atoms with Crippen molar-refractivity contribution in [3.63, 3.8) is 0 Å². The lowest BCUT2D eigenvalue weighted by Crippen LogP contribution is -2.50. The van der Waals surface area contributed by atoms with Gasteiger partial charge in [-0.3, -0.25) is 9.69 Å². The minimum absolute atomic E-state index is 0.314. The zero-order valence-corrected chi connectivity index (χ0v) is 22.6. The normalized spacial score (nSPS) is 17.0. The van der Waals surface area contributed by atoms with E-state index in [0.717, 1.165) is 13.0 Å². The largest absolute Gasteiger partial charge is 0.457 e. The molecule has 0 bridgehead atoms. The Morgan fingerprint density at radius 3 is 2.03 bits per heavy atom. The highest BCUT2D eigenvalue weighted by Crippen LogP contribution is 2.50. The lowest BCUT2D eigenvalue weighted by atomic mass is 9.68. The first-order valence-electron chi connectivity index (χ1n) is 13.3. The maximum Gasteiger partial charge on any atom is 0.410 e. The number of para-hydroxylation sites is 2. The van der Waals surface area contributed by atoms with Crippen molar-refractivity contribution in [3.8, 4) is 11.5 Å². The molecule has 1 N–H and O–H groups in total. The number of amides is 2. The number of hydrogen-bond donors (Lipinski definition) is 1. The highest BCUT2D eigenvalue weighted by Gasteiger charge is 2.48. The number of nitrogens with one attached hydrogen (secondary N) is 1. The summed E-state index contributed by atoms with van der Waals surface area (Å²) in [7, 11) is 0. The van der Waals surface area contributed by atoms with Crippen LogP contribution in [0.5, 0.6) is 11.5 Å². The number of halogens is 3. The fourth-order valence-corrected chi connectivity index (χ4v) is 5.24. The molecule has 2 aromatic rings. The number of hydrogen-bond acceptors (Lipinski definition) is 5. The summed E-state index contributed by atoms with van der Waals surface area (Å²) in [6.45, 7) is 7.41. The van der Waals surface area contributed by atoms with Crippen LogP contribution in [0.1, 0.15) is 51.2 Å². The summed E-state index contributed by atoms with van der Waals surface area (Å²) in [6.07, 6.45) is -3.17. The van der Waals surface area contributed by atoms with E-state index in [1.54, 1.807) is 53.4 Å². The molecular weight excluding hydrogens is 511 g/mol. The van der Waals surface area contributed by atoms with Gasteiger partial charge in [0.2, 0.25) is 5.91 Å². The molecule has 2 heterocycles. The number of carbonyl (C=O) groups is 2. The zero-order chi connectivity index (χ0) is 28.3. The number of unbranched alkanes of at least 4 members (excludes halogenated alkanes) is 1. The molecule has 0 spiro atoms. The van der Waals surface area contributed by atoms with E-state index < -0.39 is 29.6 Å². The third kappa shape index (κ3) is 6.84. The molecule has 2 aromatic carbocycles. The summed E-state index contributed by atoms with van der Waals surface area (Å²) >= 11 is 0. The van der Waals surface area contributed by atoms with Gasteiger partial charge in [0.05, 0.1) is 0 Å². The molecule has 7 nitrogen and oxygen atoms in total.